The molecule has 6 nitrogen and oxygen atoms in total. The Morgan fingerprint density at radius 2 is 1.96 bits per heavy atom. The van der Waals surface area contributed by atoms with Gasteiger partial charge in [0, 0.05) is 37.3 Å². The Bertz CT molecular complexity index is 716. The normalized spacial score (nSPS) is 10.1. The van der Waals surface area contributed by atoms with Gasteiger partial charge in [-0.25, -0.2) is 4.98 Å². The summed E-state index contributed by atoms with van der Waals surface area (Å²) < 4.78 is 5.03. The van der Waals surface area contributed by atoms with E-state index in [4.69, 9.17) is 4.74 Å². The molecule has 2 N–H and O–H groups in total. The minimum atomic E-state index is -0.167. The van der Waals surface area contributed by atoms with Crippen molar-refractivity contribution in [2.75, 3.05) is 13.7 Å². The summed E-state index contributed by atoms with van der Waals surface area (Å²) >= 11 is 0. The molecule has 0 unspecified atom stereocenters. The summed E-state index contributed by atoms with van der Waals surface area (Å²) in [4.78, 5) is 27.9. The number of pyridine rings is 1. The van der Waals surface area contributed by atoms with Crippen molar-refractivity contribution < 1.29 is 14.3 Å². The van der Waals surface area contributed by atoms with Gasteiger partial charge in [-0.05, 0) is 30.2 Å². The smallest absolute Gasteiger partial charge is 0.251 e. The average Bonchev–Trinajstić information content (AvgIpc) is 2.60. The molecular formula is C18H21N3O3. The fourth-order valence-electron chi connectivity index (χ4n) is 2.17. The fourth-order valence-corrected chi connectivity index (χ4v) is 2.17. The maximum atomic E-state index is 12.0. The van der Waals surface area contributed by atoms with Crippen molar-refractivity contribution in [3.63, 3.8) is 0 Å². The van der Waals surface area contributed by atoms with Gasteiger partial charge in [0.1, 0.15) is 0 Å². The van der Waals surface area contributed by atoms with Crippen LogP contribution in [0.2, 0.25) is 0 Å². The summed E-state index contributed by atoms with van der Waals surface area (Å²) in [7, 11) is 1.54. The first-order valence-electron chi connectivity index (χ1n) is 7.69. The molecule has 0 fully saturated rings. The highest BCUT2D eigenvalue weighted by atomic mass is 16.5. The van der Waals surface area contributed by atoms with Crippen LogP contribution >= 0.6 is 0 Å². The monoisotopic (exact) mass is 327 g/mol. The number of nitrogens with one attached hydrogen (secondary N) is 2. The van der Waals surface area contributed by atoms with E-state index in [1.165, 1.54) is 0 Å². The molecule has 0 aliphatic heterocycles. The number of nitrogens with zero attached hydrogens (tertiary/aromatic N) is 1. The number of rotatable bonds is 7. The van der Waals surface area contributed by atoms with Gasteiger partial charge in [0.15, 0.2) is 0 Å². The Labute approximate surface area is 141 Å². The van der Waals surface area contributed by atoms with Crippen molar-refractivity contribution in [3.05, 3.63) is 59.3 Å². The Morgan fingerprint density at radius 3 is 2.71 bits per heavy atom. The molecule has 0 bridgehead atoms. The molecule has 1 aromatic heterocycles. The van der Waals surface area contributed by atoms with E-state index in [-0.39, 0.29) is 18.2 Å². The van der Waals surface area contributed by atoms with Crippen molar-refractivity contribution in [2.45, 2.75) is 19.9 Å². The van der Waals surface area contributed by atoms with Crippen LogP contribution in [0, 0.1) is 6.92 Å². The summed E-state index contributed by atoms with van der Waals surface area (Å²) in [5.41, 5.74) is 2.44. The first-order chi connectivity index (χ1) is 11.6. The van der Waals surface area contributed by atoms with Crippen LogP contribution in [0.15, 0.2) is 42.6 Å². The number of aryl methyl sites for hydroxylation is 1. The zero-order chi connectivity index (χ0) is 17.4. The van der Waals surface area contributed by atoms with Crippen LogP contribution < -0.4 is 15.4 Å². The molecule has 2 rings (SSSR count). The van der Waals surface area contributed by atoms with E-state index in [9.17, 15) is 9.59 Å². The van der Waals surface area contributed by atoms with E-state index in [1.807, 2.05) is 31.2 Å². The lowest BCUT2D eigenvalue weighted by Gasteiger charge is -2.08. The summed E-state index contributed by atoms with van der Waals surface area (Å²) in [5.74, 6) is 0.211. The van der Waals surface area contributed by atoms with Crippen molar-refractivity contribution >= 4 is 11.8 Å². The van der Waals surface area contributed by atoms with E-state index in [0.29, 0.717) is 24.5 Å². The first-order valence-corrected chi connectivity index (χ1v) is 7.69. The number of methoxy groups -OCH3 is 1. The van der Waals surface area contributed by atoms with Gasteiger partial charge in [0.25, 0.3) is 5.91 Å². The van der Waals surface area contributed by atoms with Crippen molar-refractivity contribution in [3.8, 4) is 5.88 Å². The van der Waals surface area contributed by atoms with Crippen LogP contribution in [0.3, 0.4) is 0 Å². The third kappa shape index (κ3) is 5.08. The number of hydrogen-bond donors (Lipinski definition) is 2. The molecule has 0 aliphatic rings. The number of ether oxygens (including phenoxy) is 1. The Kier molecular flexibility index (Phi) is 6.31. The molecule has 0 radical (unpaired) electrons. The number of carbonyl (C=O) groups excluding carboxylic acids is 2. The SMILES string of the molecule is COc1cc(CNC(=O)CCNC(=O)c2ccccc2C)ccn1. The summed E-state index contributed by atoms with van der Waals surface area (Å²) in [6.45, 7) is 2.56. The maximum absolute atomic E-state index is 12.0. The van der Waals surface area contributed by atoms with Crippen molar-refractivity contribution in [1.29, 1.82) is 0 Å². The predicted octanol–water partition coefficient (Wildman–Crippen LogP) is 1.83. The van der Waals surface area contributed by atoms with E-state index in [1.54, 1.807) is 25.4 Å². The van der Waals surface area contributed by atoms with Crippen molar-refractivity contribution in [1.82, 2.24) is 15.6 Å². The molecule has 0 spiro atoms. The summed E-state index contributed by atoms with van der Waals surface area (Å²) in [5, 5.41) is 5.56. The molecular weight excluding hydrogens is 306 g/mol. The van der Waals surface area contributed by atoms with Gasteiger partial charge in [-0.1, -0.05) is 18.2 Å². The van der Waals surface area contributed by atoms with Crippen LogP contribution in [-0.4, -0.2) is 30.5 Å². The van der Waals surface area contributed by atoms with Gasteiger partial charge < -0.3 is 15.4 Å². The lowest BCUT2D eigenvalue weighted by molar-refractivity contribution is -0.121. The zero-order valence-electron chi connectivity index (χ0n) is 13.8. The second-order valence-electron chi connectivity index (χ2n) is 5.30. The molecule has 0 aliphatic carbocycles. The van der Waals surface area contributed by atoms with Crippen molar-refractivity contribution in [2.24, 2.45) is 0 Å². The fraction of sp³-hybridized carbons (Fsp3) is 0.278. The Morgan fingerprint density at radius 1 is 1.17 bits per heavy atom. The van der Waals surface area contributed by atoms with E-state index >= 15 is 0 Å². The number of aromatic nitrogens is 1. The molecule has 126 valence electrons. The van der Waals surface area contributed by atoms with Crippen LogP contribution in [0.5, 0.6) is 5.88 Å². The molecule has 2 aromatic rings. The minimum Gasteiger partial charge on any atom is -0.481 e. The molecule has 0 atom stereocenters. The number of benzene rings is 1. The van der Waals surface area contributed by atoms with Gasteiger partial charge in [0.05, 0.1) is 7.11 Å². The van der Waals surface area contributed by atoms with Crippen LogP contribution in [0.4, 0.5) is 0 Å². The molecule has 1 heterocycles. The van der Waals surface area contributed by atoms with Gasteiger partial charge >= 0.3 is 0 Å². The molecule has 1 aromatic carbocycles. The van der Waals surface area contributed by atoms with Gasteiger partial charge in [-0.15, -0.1) is 0 Å². The average molecular weight is 327 g/mol. The molecule has 0 saturated carbocycles. The number of hydrogen-bond acceptors (Lipinski definition) is 4. The second-order valence-corrected chi connectivity index (χ2v) is 5.30. The summed E-state index contributed by atoms with van der Waals surface area (Å²) in [6, 6.07) is 10.9. The highest BCUT2D eigenvalue weighted by Gasteiger charge is 2.08. The van der Waals surface area contributed by atoms with E-state index < -0.39 is 0 Å². The van der Waals surface area contributed by atoms with Crippen LogP contribution in [0.1, 0.15) is 27.9 Å². The summed E-state index contributed by atoms with van der Waals surface area (Å²) in [6.07, 6.45) is 1.85. The second kappa shape index (κ2) is 8.67. The predicted molar refractivity (Wildman–Crippen MR) is 90.8 cm³/mol. The van der Waals surface area contributed by atoms with E-state index in [0.717, 1.165) is 11.1 Å². The first kappa shape index (κ1) is 17.5. The minimum absolute atomic E-state index is 0.129. The third-order valence-corrected chi connectivity index (χ3v) is 3.53. The van der Waals surface area contributed by atoms with Gasteiger partial charge in [0.2, 0.25) is 11.8 Å². The third-order valence-electron chi connectivity index (χ3n) is 3.53. The Hall–Kier alpha value is -2.89. The molecule has 6 heteroatoms. The van der Waals surface area contributed by atoms with E-state index in [2.05, 4.69) is 15.6 Å². The van der Waals surface area contributed by atoms with Gasteiger partial charge in [-0.2, -0.15) is 0 Å². The largest absolute Gasteiger partial charge is 0.481 e. The zero-order valence-corrected chi connectivity index (χ0v) is 13.8. The molecule has 24 heavy (non-hydrogen) atoms. The Balaban J connectivity index is 1.73. The lowest BCUT2D eigenvalue weighted by Crippen LogP contribution is -2.30. The van der Waals surface area contributed by atoms with Crippen LogP contribution in [0.25, 0.3) is 0 Å². The standard InChI is InChI=1S/C18H21N3O3/c1-13-5-3-4-6-15(13)18(23)20-10-8-16(22)21-12-14-7-9-19-17(11-14)24-2/h3-7,9,11H,8,10,12H2,1-2H3,(H,20,23)(H,21,22). The molecule has 0 saturated heterocycles. The van der Waals surface area contributed by atoms with Crippen LogP contribution in [-0.2, 0) is 11.3 Å². The molecule has 2 amide bonds. The quantitative estimate of drug-likeness (QED) is 0.813. The highest BCUT2D eigenvalue weighted by molar-refractivity contribution is 5.95. The van der Waals surface area contributed by atoms with Gasteiger partial charge in [-0.3, -0.25) is 9.59 Å². The maximum Gasteiger partial charge on any atom is 0.251 e. The number of carbonyl (C=O) groups is 2. The number of amides is 2. The topological polar surface area (TPSA) is 80.3 Å². The highest BCUT2D eigenvalue weighted by Crippen LogP contribution is 2.08. The lowest BCUT2D eigenvalue weighted by atomic mass is 10.1.